The summed E-state index contributed by atoms with van der Waals surface area (Å²) in [6, 6.07) is 22.5. The highest BCUT2D eigenvalue weighted by atomic mass is 79.9. The molecule has 1 saturated heterocycles. The molecule has 0 N–H and O–H groups in total. The van der Waals surface area contributed by atoms with E-state index in [2.05, 4.69) is 26.3 Å². The van der Waals surface area contributed by atoms with E-state index in [1.165, 1.54) is 10.0 Å². The molecule has 0 unspecified atom stereocenters. The number of halogens is 1. The van der Waals surface area contributed by atoms with Crippen LogP contribution in [0.5, 0.6) is 0 Å². The molecule has 3 amide bonds. The van der Waals surface area contributed by atoms with Crippen LogP contribution < -0.4 is 4.90 Å². The summed E-state index contributed by atoms with van der Waals surface area (Å²) in [4.78, 5) is 41.3. The fourth-order valence-corrected chi connectivity index (χ4v) is 5.37. The Kier molecular flexibility index (Phi) is 6.11. The lowest BCUT2D eigenvalue weighted by molar-refractivity contribution is -0.135. The SMILES string of the molecule is Cc1ccccc1N1C(=O)[C@H]2N=NN(CC(=O)N3N=C(c4ccc(Br)cc4)C[C@H]3c3ccccc3)[C@H]2C1=O. The molecule has 0 spiro atoms. The van der Waals surface area contributed by atoms with Gasteiger partial charge < -0.3 is 0 Å². The van der Waals surface area contributed by atoms with Crippen molar-refractivity contribution in [3.8, 4) is 0 Å². The fourth-order valence-electron chi connectivity index (χ4n) is 5.11. The van der Waals surface area contributed by atoms with Crippen molar-refractivity contribution in [2.75, 3.05) is 11.4 Å². The number of para-hydroxylation sites is 1. The molecule has 10 heteroatoms. The summed E-state index contributed by atoms with van der Waals surface area (Å²) < 4.78 is 0.955. The van der Waals surface area contributed by atoms with Gasteiger partial charge in [0.2, 0.25) is 0 Å². The summed E-state index contributed by atoms with van der Waals surface area (Å²) in [6.07, 6.45) is 0.545. The topological polar surface area (TPSA) is 98.0 Å². The van der Waals surface area contributed by atoms with Crippen molar-refractivity contribution in [2.24, 2.45) is 15.4 Å². The zero-order chi connectivity index (χ0) is 26.4. The summed E-state index contributed by atoms with van der Waals surface area (Å²) in [5, 5.41) is 15.6. The van der Waals surface area contributed by atoms with Crippen LogP contribution in [0.25, 0.3) is 0 Å². The molecule has 0 bridgehead atoms. The number of fused-ring (bicyclic) bond motifs is 1. The molecule has 38 heavy (non-hydrogen) atoms. The Morgan fingerprint density at radius 2 is 1.66 bits per heavy atom. The first-order valence-corrected chi connectivity index (χ1v) is 13.0. The largest absolute Gasteiger partial charge is 0.271 e. The number of hydrogen-bond acceptors (Lipinski definition) is 7. The van der Waals surface area contributed by atoms with E-state index in [0.717, 1.165) is 31.8 Å². The quantitative estimate of drug-likeness (QED) is 0.424. The molecule has 1 fully saturated rings. The number of benzene rings is 3. The van der Waals surface area contributed by atoms with Gasteiger partial charge in [-0.25, -0.2) is 9.91 Å². The van der Waals surface area contributed by atoms with Crippen LogP contribution in [0.1, 0.15) is 29.2 Å². The van der Waals surface area contributed by atoms with Gasteiger partial charge in [0.1, 0.15) is 6.54 Å². The molecule has 190 valence electrons. The molecule has 3 aromatic carbocycles. The maximum atomic E-state index is 13.7. The van der Waals surface area contributed by atoms with Gasteiger partial charge in [0, 0.05) is 10.9 Å². The molecule has 6 rings (SSSR count). The molecule has 3 atom stereocenters. The van der Waals surface area contributed by atoms with E-state index in [4.69, 9.17) is 5.10 Å². The molecule has 3 aliphatic heterocycles. The van der Waals surface area contributed by atoms with Crippen molar-refractivity contribution in [2.45, 2.75) is 31.5 Å². The Balaban J connectivity index is 1.26. The van der Waals surface area contributed by atoms with Crippen LogP contribution >= 0.6 is 15.9 Å². The van der Waals surface area contributed by atoms with E-state index in [-0.39, 0.29) is 18.5 Å². The van der Waals surface area contributed by atoms with Crippen molar-refractivity contribution in [1.82, 2.24) is 10.0 Å². The van der Waals surface area contributed by atoms with Crippen molar-refractivity contribution < 1.29 is 14.4 Å². The highest BCUT2D eigenvalue weighted by molar-refractivity contribution is 9.10. The lowest BCUT2D eigenvalue weighted by Crippen LogP contribution is -2.44. The van der Waals surface area contributed by atoms with E-state index in [9.17, 15) is 14.4 Å². The van der Waals surface area contributed by atoms with Crippen LogP contribution in [0.4, 0.5) is 5.69 Å². The molecule has 3 aliphatic rings. The predicted molar refractivity (Wildman–Crippen MR) is 144 cm³/mol. The van der Waals surface area contributed by atoms with Crippen LogP contribution in [0.2, 0.25) is 0 Å². The van der Waals surface area contributed by atoms with Crippen LogP contribution in [0.15, 0.2) is 98.8 Å². The van der Waals surface area contributed by atoms with E-state index in [1.807, 2.05) is 73.7 Å². The third-order valence-corrected chi connectivity index (χ3v) is 7.57. The number of hydrogen-bond donors (Lipinski definition) is 0. The third kappa shape index (κ3) is 4.10. The van der Waals surface area contributed by atoms with Gasteiger partial charge in [0.15, 0.2) is 12.1 Å². The smallest absolute Gasteiger partial charge is 0.264 e. The summed E-state index contributed by atoms with van der Waals surface area (Å²) in [5.74, 6) is -1.21. The minimum Gasteiger partial charge on any atom is -0.271 e. The molecular weight excluding hydrogens is 548 g/mol. The van der Waals surface area contributed by atoms with Gasteiger partial charge in [-0.05, 0) is 41.8 Å². The molecule has 0 aromatic heterocycles. The van der Waals surface area contributed by atoms with Gasteiger partial charge in [-0.2, -0.15) is 10.2 Å². The van der Waals surface area contributed by atoms with Crippen LogP contribution in [-0.4, -0.2) is 52.1 Å². The molecule has 3 heterocycles. The predicted octanol–water partition coefficient (Wildman–Crippen LogP) is 4.43. The second-order valence-corrected chi connectivity index (χ2v) is 10.3. The zero-order valence-electron chi connectivity index (χ0n) is 20.4. The van der Waals surface area contributed by atoms with E-state index >= 15 is 0 Å². The number of imide groups is 1. The molecule has 0 aliphatic carbocycles. The van der Waals surface area contributed by atoms with Crippen molar-refractivity contribution in [3.63, 3.8) is 0 Å². The molecule has 9 nitrogen and oxygen atoms in total. The highest BCUT2D eigenvalue weighted by Gasteiger charge is 2.55. The van der Waals surface area contributed by atoms with Crippen molar-refractivity contribution >= 4 is 45.1 Å². The molecule has 0 radical (unpaired) electrons. The maximum Gasteiger partial charge on any atom is 0.264 e. The second kappa shape index (κ2) is 9.60. The van der Waals surface area contributed by atoms with E-state index < -0.39 is 23.9 Å². The first-order chi connectivity index (χ1) is 18.4. The lowest BCUT2D eigenvalue weighted by atomic mass is 9.98. The van der Waals surface area contributed by atoms with Crippen LogP contribution in [0, 0.1) is 6.92 Å². The maximum absolute atomic E-state index is 13.7. The zero-order valence-corrected chi connectivity index (χ0v) is 22.0. The van der Waals surface area contributed by atoms with Crippen molar-refractivity contribution in [1.29, 1.82) is 0 Å². The minimum atomic E-state index is -0.972. The van der Waals surface area contributed by atoms with Gasteiger partial charge in [-0.3, -0.25) is 19.4 Å². The van der Waals surface area contributed by atoms with Crippen LogP contribution in [0.3, 0.4) is 0 Å². The number of rotatable bonds is 5. The Hall–Kier alpha value is -4.18. The first kappa shape index (κ1) is 24.2. The number of aryl methyl sites for hydroxylation is 1. The number of amides is 3. The lowest BCUT2D eigenvalue weighted by Gasteiger charge is -2.25. The highest BCUT2D eigenvalue weighted by Crippen LogP contribution is 2.36. The van der Waals surface area contributed by atoms with Crippen LogP contribution in [-0.2, 0) is 14.4 Å². The molecule has 0 saturated carbocycles. The monoisotopic (exact) mass is 570 g/mol. The average molecular weight is 571 g/mol. The van der Waals surface area contributed by atoms with Gasteiger partial charge in [0.05, 0.1) is 17.4 Å². The van der Waals surface area contributed by atoms with Crippen molar-refractivity contribution in [3.05, 3.63) is 100 Å². The van der Waals surface area contributed by atoms with Gasteiger partial charge in [-0.15, -0.1) is 0 Å². The van der Waals surface area contributed by atoms with E-state index in [1.54, 1.807) is 12.1 Å². The number of carbonyl (C=O) groups excluding carboxylic acids is 3. The molecular formula is C28H23BrN6O3. The van der Waals surface area contributed by atoms with Gasteiger partial charge in [-0.1, -0.05) is 81.8 Å². The normalized spacial score (nSPS) is 22.3. The Morgan fingerprint density at radius 1 is 0.947 bits per heavy atom. The van der Waals surface area contributed by atoms with Gasteiger partial charge >= 0.3 is 0 Å². The van der Waals surface area contributed by atoms with E-state index in [0.29, 0.717) is 12.1 Å². The fraction of sp³-hybridized carbons (Fsp3) is 0.214. The Labute approximate surface area is 227 Å². The molecule has 3 aromatic rings. The number of carbonyl (C=O) groups is 3. The Bertz CT molecular complexity index is 1490. The summed E-state index contributed by atoms with van der Waals surface area (Å²) in [5.41, 5.74) is 3.99. The third-order valence-electron chi connectivity index (χ3n) is 7.04. The summed E-state index contributed by atoms with van der Waals surface area (Å²) >= 11 is 3.46. The number of anilines is 1. The Morgan fingerprint density at radius 3 is 2.39 bits per heavy atom. The first-order valence-electron chi connectivity index (χ1n) is 12.2. The minimum absolute atomic E-state index is 0.230. The number of hydrazone groups is 1. The van der Waals surface area contributed by atoms with Gasteiger partial charge in [0.25, 0.3) is 17.7 Å². The average Bonchev–Trinajstić information content (AvgIpc) is 3.61. The number of nitrogens with zero attached hydrogens (tertiary/aromatic N) is 6. The second-order valence-electron chi connectivity index (χ2n) is 9.41. The summed E-state index contributed by atoms with van der Waals surface area (Å²) in [7, 11) is 0. The summed E-state index contributed by atoms with van der Waals surface area (Å²) in [6.45, 7) is 1.61. The standard InChI is InChI=1S/C28H23BrN6O3/c1-17-7-5-6-10-22(17)34-27(37)25-26(28(34)38)33(32-30-25)16-24(36)35-23(19-8-3-2-4-9-19)15-21(31-35)18-11-13-20(29)14-12-18/h2-14,23,25-26H,15-16H2,1H3/t23-,25-,26+/m0/s1.